The van der Waals surface area contributed by atoms with E-state index in [1.54, 1.807) is 11.7 Å². The van der Waals surface area contributed by atoms with Crippen molar-refractivity contribution < 1.29 is 4.52 Å². The Kier molecular flexibility index (Phi) is 4.23. The van der Waals surface area contributed by atoms with Crippen LogP contribution in [0.25, 0.3) is 0 Å². The van der Waals surface area contributed by atoms with Crippen LogP contribution in [0.15, 0.2) is 14.8 Å². The van der Waals surface area contributed by atoms with Crippen molar-refractivity contribution >= 4 is 17.4 Å². The Morgan fingerprint density at radius 3 is 2.17 bits per heavy atom. The van der Waals surface area contributed by atoms with Gasteiger partial charge in [0.15, 0.2) is 5.69 Å². The van der Waals surface area contributed by atoms with Crippen molar-refractivity contribution in [3.63, 3.8) is 0 Å². The van der Waals surface area contributed by atoms with Gasteiger partial charge in [-0.15, -0.1) is 10.2 Å². The number of nitrogen functional groups attached to an aromatic ring is 1. The van der Waals surface area contributed by atoms with Gasteiger partial charge in [-0.05, 0) is 0 Å². The summed E-state index contributed by atoms with van der Waals surface area (Å²) in [7, 11) is 1.75. The first-order valence-corrected chi connectivity index (χ1v) is 7.61. The van der Waals surface area contributed by atoms with E-state index in [2.05, 4.69) is 26.6 Å². The minimum Gasteiger partial charge on any atom is -0.382 e. The van der Waals surface area contributed by atoms with Crippen molar-refractivity contribution in [1.29, 1.82) is 5.26 Å². The van der Waals surface area contributed by atoms with Crippen molar-refractivity contribution in [3.8, 4) is 6.07 Å². The number of nitrogens with two attached hydrogens (primary N) is 1. The summed E-state index contributed by atoms with van der Waals surface area (Å²) in [5, 5.41) is 26.0. The van der Waals surface area contributed by atoms with Gasteiger partial charge in [0.1, 0.15) is 23.1 Å². The Bertz CT molecular complexity index is 822. The number of anilines is 1. The standard InChI is InChI=1S/C16H23N7O/c1-15(2,3)11-9(8-17)14(24-22-11)20-19-10-12(16(4,5)6)21-23(7)13(10)18/h18H2,1-7H3/b20-19-. The van der Waals surface area contributed by atoms with Gasteiger partial charge in [-0.2, -0.15) is 10.4 Å². The molecule has 0 aliphatic rings. The summed E-state index contributed by atoms with van der Waals surface area (Å²) < 4.78 is 6.76. The predicted molar refractivity (Wildman–Crippen MR) is 90.4 cm³/mol. The largest absolute Gasteiger partial charge is 0.382 e. The number of nitriles is 1. The maximum Gasteiger partial charge on any atom is 0.287 e. The quantitative estimate of drug-likeness (QED) is 0.839. The maximum absolute atomic E-state index is 9.40. The molecule has 0 saturated carbocycles. The third-order valence-corrected chi connectivity index (χ3v) is 3.51. The number of aryl methyl sites for hydroxylation is 1. The number of rotatable bonds is 2. The van der Waals surface area contributed by atoms with E-state index < -0.39 is 0 Å². The van der Waals surface area contributed by atoms with E-state index in [1.165, 1.54) is 0 Å². The Hall–Kier alpha value is -2.69. The lowest BCUT2D eigenvalue weighted by Crippen LogP contribution is -2.13. The van der Waals surface area contributed by atoms with Crippen LogP contribution in [0.2, 0.25) is 0 Å². The zero-order valence-corrected chi connectivity index (χ0v) is 15.2. The molecule has 8 nitrogen and oxygen atoms in total. The smallest absolute Gasteiger partial charge is 0.287 e. The average Bonchev–Trinajstić information content (AvgIpc) is 2.98. The second kappa shape index (κ2) is 5.74. The Morgan fingerprint density at radius 1 is 1.08 bits per heavy atom. The third-order valence-electron chi connectivity index (χ3n) is 3.51. The molecule has 0 aliphatic heterocycles. The Morgan fingerprint density at radius 2 is 1.67 bits per heavy atom. The second-order valence-electron chi connectivity index (χ2n) is 7.73. The molecule has 8 heteroatoms. The summed E-state index contributed by atoms with van der Waals surface area (Å²) in [4.78, 5) is 0. The zero-order chi connectivity index (χ0) is 18.3. The monoisotopic (exact) mass is 329 g/mol. The lowest BCUT2D eigenvalue weighted by atomic mass is 9.90. The molecule has 0 unspecified atom stereocenters. The fourth-order valence-electron chi connectivity index (χ4n) is 2.19. The molecule has 0 radical (unpaired) electrons. The van der Waals surface area contributed by atoms with E-state index in [0.717, 1.165) is 5.69 Å². The lowest BCUT2D eigenvalue weighted by Gasteiger charge is -2.15. The van der Waals surface area contributed by atoms with Crippen molar-refractivity contribution in [2.75, 3.05) is 5.73 Å². The molecule has 128 valence electrons. The van der Waals surface area contributed by atoms with Gasteiger partial charge in [-0.1, -0.05) is 46.7 Å². The van der Waals surface area contributed by atoms with E-state index >= 15 is 0 Å². The Labute approximate surface area is 141 Å². The van der Waals surface area contributed by atoms with Crippen molar-refractivity contribution in [3.05, 3.63) is 17.0 Å². The molecule has 0 aliphatic carbocycles. The number of nitrogens with zero attached hydrogens (tertiary/aromatic N) is 6. The van der Waals surface area contributed by atoms with Crippen LogP contribution in [-0.2, 0) is 17.9 Å². The molecule has 24 heavy (non-hydrogen) atoms. The highest BCUT2D eigenvalue weighted by atomic mass is 16.5. The van der Waals surface area contributed by atoms with Crippen LogP contribution in [0.3, 0.4) is 0 Å². The molecule has 0 spiro atoms. The first-order valence-electron chi connectivity index (χ1n) is 7.61. The minimum absolute atomic E-state index is 0.0746. The fourth-order valence-corrected chi connectivity index (χ4v) is 2.19. The number of azo groups is 1. The molecule has 2 heterocycles. The van der Waals surface area contributed by atoms with Gasteiger partial charge in [0.05, 0.1) is 5.69 Å². The van der Waals surface area contributed by atoms with Crippen LogP contribution in [0.1, 0.15) is 58.5 Å². The molecule has 2 rings (SSSR count). The normalized spacial score (nSPS) is 12.8. The summed E-state index contributed by atoms with van der Waals surface area (Å²) in [5.74, 6) is 0.475. The summed E-state index contributed by atoms with van der Waals surface area (Å²) in [6, 6.07) is 2.09. The number of hydrogen-bond acceptors (Lipinski definition) is 7. The lowest BCUT2D eigenvalue weighted by molar-refractivity contribution is 0.399. The molecule has 2 aromatic rings. The highest BCUT2D eigenvalue weighted by Gasteiger charge is 2.28. The average molecular weight is 329 g/mol. The van der Waals surface area contributed by atoms with Crippen LogP contribution in [0, 0.1) is 11.3 Å². The zero-order valence-electron chi connectivity index (χ0n) is 15.2. The van der Waals surface area contributed by atoms with Crippen LogP contribution >= 0.6 is 0 Å². The fraction of sp³-hybridized carbons (Fsp3) is 0.562. The molecule has 0 fully saturated rings. The third kappa shape index (κ3) is 3.15. The van der Waals surface area contributed by atoms with Gasteiger partial charge < -0.3 is 10.3 Å². The van der Waals surface area contributed by atoms with Crippen molar-refractivity contribution in [2.45, 2.75) is 52.4 Å². The van der Waals surface area contributed by atoms with E-state index in [-0.39, 0.29) is 22.3 Å². The Balaban J connectivity index is 2.51. The van der Waals surface area contributed by atoms with Gasteiger partial charge in [0.2, 0.25) is 0 Å². The van der Waals surface area contributed by atoms with Crippen LogP contribution in [0.4, 0.5) is 17.4 Å². The van der Waals surface area contributed by atoms with Gasteiger partial charge in [-0.25, -0.2) is 0 Å². The highest BCUT2D eigenvalue weighted by molar-refractivity contribution is 5.63. The predicted octanol–water partition coefficient (Wildman–Crippen LogP) is 3.87. The SMILES string of the molecule is Cn1nc(C(C)(C)C)c(/N=N\c2onc(C(C)(C)C)c2C#N)c1N. The van der Waals surface area contributed by atoms with Crippen molar-refractivity contribution in [1.82, 2.24) is 14.9 Å². The minimum atomic E-state index is -0.327. The number of hydrogen-bond donors (Lipinski definition) is 1. The molecule has 0 amide bonds. The van der Waals surface area contributed by atoms with E-state index in [1.807, 2.05) is 41.5 Å². The summed E-state index contributed by atoms with van der Waals surface area (Å²) in [5.41, 5.74) is 7.50. The first kappa shape index (κ1) is 17.7. The molecule has 2 N–H and O–H groups in total. The van der Waals surface area contributed by atoms with Gasteiger partial charge in [0.25, 0.3) is 5.88 Å². The van der Waals surface area contributed by atoms with Gasteiger partial charge in [-0.3, -0.25) is 4.68 Å². The van der Waals surface area contributed by atoms with E-state index in [9.17, 15) is 5.26 Å². The van der Waals surface area contributed by atoms with E-state index in [4.69, 9.17) is 10.3 Å². The van der Waals surface area contributed by atoms with Gasteiger partial charge >= 0.3 is 0 Å². The molecule has 2 aromatic heterocycles. The summed E-state index contributed by atoms with van der Waals surface area (Å²) in [6.45, 7) is 11.9. The van der Waals surface area contributed by atoms with Gasteiger partial charge in [0, 0.05) is 17.9 Å². The van der Waals surface area contributed by atoms with E-state index in [0.29, 0.717) is 17.2 Å². The molecule has 0 atom stereocenters. The maximum atomic E-state index is 9.40. The van der Waals surface area contributed by atoms with Crippen LogP contribution < -0.4 is 5.73 Å². The van der Waals surface area contributed by atoms with Crippen molar-refractivity contribution in [2.24, 2.45) is 17.3 Å². The number of aromatic nitrogens is 3. The van der Waals surface area contributed by atoms with Crippen LogP contribution in [0.5, 0.6) is 0 Å². The topological polar surface area (TPSA) is 118 Å². The summed E-state index contributed by atoms with van der Waals surface area (Å²) >= 11 is 0. The molecular formula is C16H23N7O. The molecular weight excluding hydrogens is 306 g/mol. The highest BCUT2D eigenvalue weighted by Crippen LogP contribution is 2.37. The first-order chi connectivity index (χ1) is 11.0. The second-order valence-corrected chi connectivity index (χ2v) is 7.73. The van der Waals surface area contributed by atoms with Crippen LogP contribution in [-0.4, -0.2) is 14.9 Å². The molecule has 0 bridgehead atoms. The summed E-state index contributed by atoms with van der Waals surface area (Å²) in [6.07, 6.45) is 0. The molecule has 0 aromatic carbocycles. The molecule has 0 saturated heterocycles.